The minimum atomic E-state index is -3.08. The van der Waals surface area contributed by atoms with Crippen LogP contribution in [-0.4, -0.2) is 51.4 Å². The van der Waals surface area contributed by atoms with Gasteiger partial charge in [-0.3, -0.25) is 0 Å². The molecule has 0 atom stereocenters. The summed E-state index contributed by atoms with van der Waals surface area (Å²) in [6.07, 6.45) is 0.942. The van der Waals surface area contributed by atoms with E-state index in [1.807, 2.05) is 0 Å². The van der Waals surface area contributed by atoms with E-state index < -0.39 is 19.7 Å². The van der Waals surface area contributed by atoms with Crippen LogP contribution in [0.2, 0.25) is 0 Å². The Hall–Kier alpha value is 0.0800. The zero-order valence-electron chi connectivity index (χ0n) is 10.8. The third kappa shape index (κ3) is 11.6. The van der Waals surface area contributed by atoms with E-state index in [0.29, 0.717) is 11.5 Å². The van der Waals surface area contributed by atoms with Crippen LogP contribution in [0, 0.1) is 0 Å². The van der Waals surface area contributed by atoms with Crippen LogP contribution in [0.3, 0.4) is 0 Å². The molecule has 4 nitrogen and oxygen atoms in total. The van der Waals surface area contributed by atoms with Crippen LogP contribution in [-0.2, 0) is 19.7 Å². The summed E-state index contributed by atoms with van der Waals surface area (Å²) in [4.78, 5) is 0. The number of hydrogen-bond donors (Lipinski definition) is 0. The summed E-state index contributed by atoms with van der Waals surface area (Å²) in [6.45, 7) is 6.50. The van der Waals surface area contributed by atoms with Crippen molar-refractivity contribution in [1.29, 1.82) is 0 Å². The lowest BCUT2D eigenvalue weighted by Crippen LogP contribution is -2.05. The van der Waals surface area contributed by atoms with E-state index in [2.05, 4.69) is 13.2 Å². The van der Waals surface area contributed by atoms with Gasteiger partial charge >= 0.3 is 0 Å². The minimum Gasteiger partial charge on any atom is -0.224 e. The molecule has 0 aliphatic rings. The van der Waals surface area contributed by atoms with Crippen LogP contribution in [0.5, 0.6) is 0 Å². The van der Waals surface area contributed by atoms with Gasteiger partial charge in [0.2, 0.25) is 0 Å². The number of hydrogen-bond acceptors (Lipinski definition) is 6. The molecule has 0 saturated carbocycles. The highest BCUT2D eigenvalue weighted by atomic mass is 32.2. The first-order valence-corrected chi connectivity index (χ1v) is 11.4. The fourth-order valence-electron chi connectivity index (χ4n) is 0.984. The maximum atomic E-state index is 11.1. The fraction of sp³-hybridized carbons (Fsp3) is 0.636. The maximum Gasteiger partial charge on any atom is 0.171 e. The molecule has 0 radical (unpaired) electrons. The standard InChI is InChI=1S/C11H20O4S4/c1-3-18(12,13)10-8-16-6-5-7-17-9-11-19(14,15)4-2/h3-4H,1-2,5-11H2. The molecule has 0 aromatic heterocycles. The molecular weight excluding hydrogens is 324 g/mol. The molecule has 112 valence electrons. The van der Waals surface area contributed by atoms with Crippen LogP contribution in [0.4, 0.5) is 0 Å². The molecule has 0 unspecified atom stereocenters. The van der Waals surface area contributed by atoms with Gasteiger partial charge in [0.15, 0.2) is 19.7 Å². The molecule has 0 aromatic rings. The first-order chi connectivity index (χ1) is 8.83. The highest BCUT2D eigenvalue weighted by Crippen LogP contribution is 2.10. The monoisotopic (exact) mass is 344 g/mol. The lowest BCUT2D eigenvalue weighted by atomic mass is 10.6. The summed E-state index contributed by atoms with van der Waals surface area (Å²) >= 11 is 3.18. The molecule has 0 saturated heterocycles. The molecule has 0 aromatic carbocycles. The van der Waals surface area contributed by atoms with Crippen LogP contribution in [0.25, 0.3) is 0 Å². The molecule has 0 N–H and O–H groups in total. The third-order valence-electron chi connectivity index (χ3n) is 2.11. The predicted molar refractivity (Wildman–Crippen MR) is 87.2 cm³/mol. The Bertz CT molecular complexity index is 421. The van der Waals surface area contributed by atoms with Gasteiger partial charge in [0.25, 0.3) is 0 Å². The Morgan fingerprint density at radius 1 is 0.737 bits per heavy atom. The number of sulfone groups is 2. The van der Waals surface area contributed by atoms with E-state index in [-0.39, 0.29) is 11.5 Å². The average molecular weight is 345 g/mol. The zero-order valence-corrected chi connectivity index (χ0v) is 14.1. The summed E-state index contributed by atoms with van der Waals surface area (Å²) in [5.74, 6) is 3.17. The Morgan fingerprint density at radius 3 is 1.42 bits per heavy atom. The van der Waals surface area contributed by atoms with E-state index in [9.17, 15) is 16.8 Å². The summed E-state index contributed by atoms with van der Waals surface area (Å²) in [6, 6.07) is 0. The zero-order chi connectivity index (χ0) is 14.8. The molecule has 0 aliphatic heterocycles. The normalized spacial score (nSPS) is 12.2. The smallest absolute Gasteiger partial charge is 0.171 e. The van der Waals surface area contributed by atoms with Crippen molar-refractivity contribution in [3.63, 3.8) is 0 Å². The quantitative estimate of drug-likeness (QED) is 0.504. The van der Waals surface area contributed by atoms with Gasteiger partial charge in [-0.2, -0.15) is 23.5 Å². The SMILES string of the molecule is C=CS(=O)(=O)CCSCCCSCCS(=O)(=O)C=C. The van der Waals surface area contributed by atoms with Crippen molar-refractivity contribution in [2.45, 2.75) is 6.42 Å². The lowest BCUT2D eigenvalue weighted by molar-refractivity contribution is 0.604. The maximum absolute atomic E-state index is 11.1. The van der Waals surface area contributed by atoms with Crippen molar-refractivity contribution < 1.29 is 16.8 Å². The highest BCUT2D eigenvalue weighted by Gasteiger charge is 2.05. The van der Waals surface area contributed by atoms with Crippen LogP contribution < -0.4 is 0 Å². The van der Waals surface area contributed by atoms with E-state index >= 15 is 0 Å². The largest absolute Gasteiger partial charge is 0.224 e. The van der Waals surface area contributed by atoms with Crippen molar-refractivity contribution in [3.8, 4) is 0 Å². The Morgan fingerprint density at radius 2 is 1.11 bits per heavy atom. The van der Waals surface area contributed by atoms with Gasteiger partial charge in [-0.1, -0.05) is 13.2 Å². The van der Waals surface area contributed by atoms with Crippen LogP contribution >= 0.6 is 23.5 Å². The van der Waals surface area contributed by atoms with Gasteiger partial charge in [-0.25, -0.2) is 16.8 Å². The molecule has 19 heavy (non-hydrogen) atoms. The van der Waals surface area contributed by atoms with Gasteiger partial charge in [0.05, 0.1) is 11.5 Å². The van der Waals surface area contributed by atoms with Crippen molar-refractivity contribution in [2.75, 3.05) is 34.5 Å². The van der Waals surface area contributed by atoms with Crippen LogP contribution in [0.15, 0.2) is 24.0 Å². The lowest BCUT2D eigenvalue weighted by Gasteiger charge is -2.02. The van der Waals surface area contributed by atoms with Crippen LogP contribution in [0.1, 0.15) is 6.42 Å². The Labute approximate surface area is 125 Å². The van der Waals surface area contributed by atoms with Crippen molar-refractivity contribution in [1.82, 2.24) is 0 Å². The second kappa shape index (κ2) is 9.90. The molecule has 8 heteroatoms. The van der Waals surface area contributed by atoms with E-state index in [4.69, 9.17) is 0 Å². The number of thioether (sulfide) groups is 2. The second-order valence-electron chi connectivity index (χ2n) is 3.65. The summed E-state index contributed by atoms with van der Waals surface area (Å²) in [5.41, 5.74) is 0. The van der Waals surface area contributed by atoms with Gasteiger partial charge in [-0.15, -0.1) is 0 Å². The Balaban J connectivity index is 3.43. The van der Waals surface area contributed by atoms with Gasteiger partial charge < -0.3 is 0 Å². The third-order valence-corrected chi connectivity index (χ3v) is 7.33. The molecule has 0 fully saturated rings. The molecule has 0 bridgehead atoms. The van der Waals surface area contributed by atoms with Gasteiger partial charge in [0.1, 0.15) is 0 Å². The topological polar surface area (TPSA) is 68.3 Å². The average Bonchev–Trinajstić information content (AvgIpc) is 2.36. The first kappa shape index (κ1) is 19.1. The second-order valence-corrected chi connectivity index (χ2v) is 10.2. The van der Waals surface area contributed by atoms with Gasteiger partial charge in [0, 0.05) is 22.3 Å². The summed E-state index contributed by atoms with van der Waals surface area (Å²) in [7, 11) is -6.16. The molecule has 0 amide bonds. The van der Waals surface area contributed by atoms with Crippen molar-refractivity contribution >= 4 is 43.2 Å². The molecule has 0 heterocycles. The van der Waals surface area contributed by atoms with Gasteiger partial charge in [-0.05, 0) is 17.9 Å². The molecule has 0 spiro atoms. The fourth-order valence-corrected chi connectivity index (χ4v) is 5.41. The van der Waals surface area contributed by atoms with E-state index in [1.165, 1.54) is 0 Å². The molecular formula is C11H20O4S4. The molecule has 0 aliphatic carbocycles. The van der Waals surface area contributed by atoms with E-state index in [1.54, 1.807) is 23.5 Å². The van der Waals surface area contributed by atoms with Crippen molar-refractivity contribution in [2.24, 2.45) is 0 Å². The van der Waals surface area contributed by atoms with Crippen molar-refractivity contribution in [3.05, 3.63) is 24.0 Å². The molecule has 0 rings (SSSR count). The number of rotatable bonds is 12. The first-order valence-electron chi connectivity index (χ1n) is 5.69. The highest BCUT2D eigenvalue weighted by molar-refractivity contribution is 8.02. The minimum absolute atomic E-state index is 0.131. The summed E-state index contributed by atoms with van der Waals surface area (Å²) in [5, 5.41) is 1.98. The predicted octanol–water partition coefficient (Wildman–Crippen LogP) is 1.96. The Kier molecular flexibility index (Phi) is 9.94. The summed E-state index contributed by atoms with van der Waals surface area (Å²) < 4.78 is 44.4. The van der Waals surface area contributed by atoms with E-state index in [0.717, 1.165) is 28.7 Å².